The van der Waals surface area contributed by atoms with Gasteiger partial charge in [-0.15, -0.1) is 0 Å². The Balaban J connectivity index is 2.95. The van der Waals surface area contributed by atoms with Crippen LogP contribution in [0.25, 0.3) is 0 Å². The maximum Gasteiger partial charge on any atom is 0.322 e. The number of hydrogen-bond acceptors (Lipinski definition) is 5. The van der Waals surface area contributed by atoms with Crippen molar-refractivity contribution in [2.75, 3.05) is 12.7 Å². The molecule has 0 spiro atoms. The van der Waals surface area contributed by atoms with Crippen LogP contribution >= 0.6 is 0 Å². The van der Waals surface area contributed by atoms with Gasteiger partial charge in [0.2, 0.25) is 9.84 Å². The van der Waals surface area contributed by atoms with Gasteiger partial charge in [-0.25, -0.2) is 17.2 Å². The van der Waals surface area contributed by atoms with Crippen LogP contribution in [0.15, 0.2) is 29.2 Å². The molecule has 2 N–H and O–H groups in total. The van der Waals surface area contributed by atoms with Crippen LogP contribution in [0.1, 0.15) is 11.7 Å². The minimum Gasteiger partial charge on any atom is -0.386 e. The molecule has 0 fully saturated rings. The molecule has 1 amide bonds. The summed E-state index contributed by atoms with van der Waals surface area (Å²) in [5, 5.41) is 20.2. The molecule has 1 aromatic rings. The lowest BCUT2D eigenvalue weighted by molar-refractivity contribution is -0.117. The first-order valence-corrected chi connectivity index (χ1v) is 7.34. The van der Waals surface area contributed by atoms with Crippen LogP contribution in [0.3, 0.4) is 0 Å². The van der Waals surface area contributed by atoms with Crippen molar-refractivity contribution in [2.24, 2.45) is 0 Å². The van der Waals surface area contributed by atoms with Crippen LogP contribution in [0.4, 0.5) is 8.78 Å². The van der Waals surface area contributed by atoms with E-state index in [2.05, 4.69) is 0 Å². The smallest absolute Gasteiger partial charge is 0.322 e. The molecule has 0 heterocycles. The number of amides is 1. The Morgan fingerprint density at radius 2 is 1.90 bits per heavy atom. The fraction of sp³-hybridized carbons (Fsp3) is 0.333. The molecule has 1 aromatic carbocycles. The van der Waals surface area contributed by atoms with Crippen LogP contribution in [0.2, 0.25) is 0 Å². The van der Waals surface area contributed by atoms with E-state index >= 15 is 0 Å². The lowest BCUT2D eigenvalue weighted by atomic mass is 10.0. The fourth-order valence-electron chi connectivity index (χ4n) is 1.57. The van der Waals surface area contributed by atoms with E-state index in [0.717, 1.165) is 12.1 Å². The predicted octanol–water partition coefficient (Wildman–Crippen LogP) is 0.399. The van der Waals surface area contributed by atoms with Crippen molar-refractivity contribution in [1.29, 1.82) is 5.26 Å². The molecule has 9 heteroatoms. The molecule has 0 saturated heterocycles. The van der Waals surface area contributed by atoms with E-state index < -0.39 is 40.6 Å². The molecule has 2 atom stereocenters. The SMILES string of the molecule is N#CC(=O)N[C@H](CF)[C@H](O)c1ccc(S(=O)(=O)CF)cc1. The zero-order valence-corrected chi connectivity index (χ0v) is 11.5. The summed E-state index contributed by atoms with van der Waals surface area (Å²) in [4.78, 5) is 10.6. The molecule has 0 bridgehead atoms. The fourth-order valence-corrected chi connectivity index (χ4v) is 2.25. The largest absolute Gasteiger partial charge is 0.386 e. The molecule has 114 valence electrons. The van der Waals surface area contributed by atoms with Crippen molar-refractivity contribution in [1.82, 2.24) is 5.32 Å². The van der Waals surface area contributed by atoms with Gasteiger partial charge in [0.1, 0.15) is 12.8 Å². The van der Waals surface area contributed by atoms with Crippen LogP contribution in [0, 0.1) is 11.3 Å². The topological polar surface area (TPSA) is 107 Å². The van der Waals surface area contributed by atoms with Crippen LogP contribution < -0.4 is 5.32 Å². The molecule has 0 saturated carbocycles. The number of hydrogen-bond donors (Lipinski definition) is 2. The van der Waals surface area contributed by atoms with E-state index in [1.165, 1.54) is 18.2 Å². The molecular formula is C12H12F2N2O4S. The Labute approximate surface area is 119 Å². The van der Waals surface area contributed by atoms with Gasteiger partial charge in [0.25, 0.3) is 0 Å². The number of alkyl halides is 2. The summed E-state index contributed by atoms with van der Waals surface area (Å²) in [7, 11) is -4.02. The minimum atomic E-state index is -4.02. The Kier molecular flexibility index (Phi) is 5.75. The first-order chi connectivity index (χ1) is 9.85. The van der Waals surface area contributed by atoms with Gasteiger partial charge in [0, 0.05) is 0 Å². The molecule has 0 aliphatic rings. The molecular weight excluding hydrogens is 306 g/mol. The van der Waals surface area contributed by atoms with Crippen molar-refractivity contribution in [3.8, 4) is 6.07 Å². The number of carbonyl (C=O) groups is 1. The molecule has 0 unspecified atom stereocenters. The quantitative estimate of drug-likeness (QED) is 0.738. The van der Waals surface area contributed by atoms with E-state index in [9.17, 15) is 27.1 Å². The summed E-state index contributed by atoms with van der Waals surface area (Å²) in [5.41, 5.74) is 0.119. The van der Waals surface area contributed by atoms with Gasteiger partial charge in [-0.2, -0.15) is 5.26 Å². The summed E-state index contributed by atoms with van der Waals surface area (Å²) < 4.78 is 47.6. The first kappa shape index (κ1) is 17.0. The van der Waals surface area contributed by atoms with Gasteiger partial charge >= 0.3 is 5.91 Å². The molecule has 0 aliphatic heterocycles. The third-order valence-electron chi connectivity index (χ3n) is 2.69. The molecule has 0 aliphatic carbocycles. The highest BCUT2D eigenvalue weighted by Crippen LogP contribution is 2.20. The molecule has 6 nitrogen and oxygen atoms in total. The molecule has 1 rings (SSSR count). The van der Waals surface area contributed by atoms with Gasteiger partial charge in [-0.3, -0.25) is 4.79 Å². The molecule has 0 aromatic heterocycles. The van der Waals surface area contributed by atoms with Crippen LogP contribution in [-0.2, 0) is 14.6 Å². The average molecular weight is 318 g/mol. The normalized spacial score (nSPS) is 14.0. The number of rotatable bonds is 6. The average Bonchev–Trinajstić information content (AvgIpc) is 2.51. The van der Waals surface area contributed by atoms with Gasteiger partial charge in [0.05, 0.1) is 10.9 Å². The number of carbonyl (C=O) groups excluding carboxylic acids is 1. The number of aliphatic hydroxyl groups excluding tert-OH is 1. The van der Waals surface area contributed by atoms with E-state index in [1.807, 2.05) is 5.32 Å². The predicted molar refractivity (Wildman–Crippen MR) is 68.1 cm³/mol. The summed E-state index contributed by atoms with van der Waals surface area (Å²) in [5.74, 6) is -1.10. The number of halogens is 2. The van der Waals surface area contributed by atoms with E-state index in [4.69, 9.17) is 5.26 Å². The van der Waals surface area contributed by atoms with Crippen molar-refractivity contribution in [2.45, 2.75) is 17.0 Å². The standard InChI is InChI=1S/C12H12F2N2O4S/c13-5-10(16-11(17)6-15)12(18)8-1-3-9(4-2-8)21(19,20)7-14/h1-4,10,12,18H,5,7H2,(H,16,17)/t10-,12-/m1/s1. The van der Waals surface area contributed by atoms with E-state index in [1.54, 1.807) is 0 Å². The minimum absolute atomic E-state index is 0.119. The number of nitriles is 1. The lowest BCUT2D eigenvalue weighted by Crippen LogP contribution is -2.40. The Morgan fingerprint density at radius 1 is 1.33 bits per heavy atom. The number of nitrogens with one attached hydrogen (secondary N) is 1. The maximum atomic E-state index is 12.8. The highest BCUT2D eigenvalue weighted by Gasteiger charge is 2.23. The van der Waals surface area contributed by atoms with E-state index in [-0.39, 0.29) is 10.5 Å². The Morgan fingerprint density at radius 3 is 2.33 bits per heavy atom. The monoisotopic (exact) mass is 318 g/mol. The van der Waals surface area contributed by atoms with Gasteiger partial charge < -0.3 is 10.4 Å². The van der Waals surface area contributed by atoms with Gasteiger partial charge in [0.15, 0.2) is 12.1 Å². The van der Waals surface area contributed by atoms with Gasteiger partial charge in [-0.05, 0) is 17.7 Å². The number of benzene rings is 1. The summed E-state index contributed by atoms with van der Waals surface area (Å²) in [6, 6.07) is 2.80. The second-order valence-corrected chi connectivity index (χ2v) is 6.00. The summed E-state index contributed by atoms with van der Waals surface area (Å²) in [6.07, 6.45) is -1.48. The second-order valence-electron chi connectivity index (χ2n) is 4.08. The zero-order chi connectivity index (χ0) is 16.0. The van der Waals surface area contributed by atoms with Crippen molar-refractivity contribution in [3.05, 3.63) is 29.8 Å². The zero-order valence-electron chi connectivity index (χ0n) is 10.7. The third-order valence-corrected chi connectivity index (χ3v) is 3.97. The van der Waals surface area contributed by atoms with Crippen LogP contribution in [-0.4, -0.2) is 38.2 Å². The lowest BCUT2D eigenvalue weighted by Gasteiger charge is -2.20. The van der Waals surface area contributed by atoms with E-state index in [0.29, 0.717) is 0 Å². The third kappa shape index (κ3) is 4.21. The van der Waals surface area contributed by atoms with Crippen molar-refractivity contribution < 1.29 is 27.1 Å². The Bertz CT molecular complexity index is 640. The summed E-state index contributed by atoms with van der Waals surface area (Å²) >= 11 is 0. The highest BCUT2D eigenvalue weighted by atomic mass is 32.2. The molecule has 0 radical (unpaired) electrons. The molecule has 21 heavy (non-hydrogen) atoms. The van der Waals surface area contributed by atoms with Crippen LogP contribution in [0.5, 0.6) is 0 Å². The summed E-state index contributed by atoms with van der Waals surface area (Å²) in [6.45, 7) is -1.13. The number of aliphatic hydroxyl groups is 1. The maximum absolute atomic E-state index is 12.8. The number of sulfone groups is 1. The first-order valence-electron chi connectivity index (χ1n) is 5.69. The van der Waals surface area contributed by atoms with Crippen molar-refractivity contribution >= 4 is 15.7 Å². The second kappa shape index (κ2) is 7.10. The van der Waals surface area contributed by atoms with Crippen molar-refractivity contribution in [3.63, 3.8) is 0 Å². The highest BCUT2D eigenvalue weighted by molar-refractivity contribution is 7.91. The van der Waals surface area contributed by atoms with Gasteiger partial charge in [-0.1, -0.05) is 12.1 Å². The Hall–Kier alpha value is -2.05. The number of nitrogens with zero attached hydrogens (tertiary/aromatic N) is 1.